The molecule has 0 spiro atoms. The molecule has 0 bridgehead atoms. The summed E-state index contributed by atoms with van der Waals surface area (Å²) < 4.78 is 4.43. The van der Waals surface area contributed by atoms with Crippen molar-refractivity contribution in [2.24, 2.45) is 11.8 Å². The van der Waals surface area contributed by atoms with Crippen LogP contribution in [-0.2, 0) is 4.79 Å². The van der Waals surface area contributed by atoms with Crippen LogP contribution in [0.3, 0.4) is 0 Å². The lowest BCUT2D eigenvalue weighted by Gasteiger charge is -2.35. The molecule has 110 valence electrons. The van der Waals surface area contributed by atoms with Gasteiger partial charge in [0.25, 0.3) is 5.91 Å². The molecule has 1 amide bonds. The molecular weight excluding hydrogens is 264 g/mol. The van der Waals surface area contributed by atoms with Gasteiger partial charge in [0.05, 0.1) is 0 Å². The lowest BCUT2D eigenvalue weighted by Crippen LogP contribution is -2.42. The first kappa shape index (κ1) is 14.3. The summed E-state index contributed by atoms with van der Waals surface area (Å²) in [7, 11) is 0. The zero-order chi connectivity index (χ0) is 14.7. The number of aliphatic carboxylic acids is 1. The standard InChI is InChI=1S/C12H18N4O4/c1-7(5-9(17)18)8-3-2-4-16(6-8)12(19)10-11(13)15-20-14-10/h7-8H,2-6H2,1H3,(H2,13,15)(H,17,18). The number of carboxylic acid groups (broad SMARTS) is 1. The predicted octanol–water partition coefficient (Wildman–Crippen LogP) is 0.615. The average Bonchev–Trinajstić information content (AvgIpc) is 2.83. The van der Waals surface area contributed by atoms with Crippen molar-refractivity contribution in [1.82, 2.24) is 15.2 Å². The number of likely N-dealkylation sites (tertiary alicyclic amines) is 1. The normalized spacial score (nSPS) is 20.6. The van der Waals surface area contributed by atoms with Crippen molar-refractivity contribution in [2.75, 3.05) is 18.8 Å². The minimum Gasteiger partial charge on any atom is -0.481 e. The van der Waals surface area contributed by atoms with Crippen molar-refractivity contribution in [3.8, 4) is 0 Å². The highest BCUT2D eigenvalue weighted by molar-refractivity contribution is 5.96. The highest BCUT2D eigenvalue weighted by Crippen LogP contribution is 2.27. The average molecular weight is 282 g/mol. The molecule has 1 aromatic rings. The van der Waals surface area contributed by atoms with Gasteiger partial charge in [-0.1, -0.05) is 6.92 Å². The van der Waals surface area contributed by atoms with Crippen LogP contribution in [0.1, 0.15) is 36.7 Å². The second-order valence-electron chi connectivity index (χ2n) is 5.23. The molecule has 2 heterocycles. The van der Waals surface area contributed by atoms with E-state index in [2.05, 4.69) is 14.9 Å². The first-order valence-electron chi connectivity index (χ1n) is 6.58. The molecule has 0 aromatic carbocycles. The van der Waals surface area contributed by atoms with E-state index in [-0.39, 0.29) is 35.7 Å². The molecule has 20 heavy (non-hydrogen) atoms. The molecule has 2 rings (SSSR count). The number of piperidine rings is 1. The van der Waals surface area contributed by atoms with Gasteiger partial charge in [0.1, 0.15) is 0 Å². The van der Waals surface area contributed by atoms with E-state index in [0.29, 0.717) is 13.1 Å². The molecule has 1 aliphatic heterocycles. The summed E-state index contributed by atoms with van der Waals surface area (Å²) in [6.45, 7) is 3.03. The van der Waals surface area contributed by atoms with E-state index < -0.39 is 5.97 Å². The first-order valence-corrected chi connectivity index (χ1v) is 6.58. The number of hydrogen-bond donors (Lipinski definition) is 2. The molecule has 1 aromatic heterocycles. The topological polar surface area (TPSA) is 123 Å². The molecule has 0 radical (unpaired) electrons. The molecular formula is C12H18N4O4. The molecule has 3 N–H and O–H groups in total. The Morgan fingerprint density at radius 1 is 1.55 bits per heavy atom. The van der Waals surface area contributed by atoms with Crippen LogP contribution < -0.4 is 5.73 Å². The van der Waals surface area contributed by atoms with Gasteiger partial charge in [0.15, 0.2) is 0 Å². The van der Waals surface area contributed by atoms with Gasteiger partial charge in [-0.05, 0) is 35.0 Å². The van der Waals surface area contributed by atoms with E-state index in [1.807, 2.05) is 6.92 Å². The molecule has 0 saturated carbocycles. The van der Waals surface area contributed by atoms with E-state index in [4.69, 9.17) is 10.8 Å². The first-order chi connectivity index (χ1) is 9.49. The van der Waals surface area contributed by atoms with Gasteiger partial charge in [0.2, 0.25) is 11.5 Å². The molecule has 1 fully saturated rings. The maximum Gasteiger partial charge on any atom is 0.303 e. The Balaban J connectivity index is 2.02. The highest BCUT2D eigenvalue weighted by Gasteiger charge is 2.31. The smallest absolute Gasteiger partial charge is 0.303 e. The van der Waals surface area contributed by atoms with E-state index in [0.717, 1.165) is 12.8 Å². The number of carboxylic acids is 1. The third-order valence-corrected chi connectivity index (χ3v) is 3.76. The summed E-state index contributed by atoms with van der Waals surface area (Å²) in [6.07, 6.45) is 1.87. The lowest BCUT2D eigenvalue weighted by molar-refractivity contribution is -0.138. The fourth-order valence-electron chi connectivity index (χ4n) is 2.59. The van der Waals surface area contributed by atoms with E-state index in [1.165, 1.54) is 0 Å². The number of carbonyl (C=O) groups excluding carboxylic acids is 1. The van der Waals surface area contributed by atoms with E-state index >= 15 is 0 Å². The quantitative estimate of drug-likeness (QED) is 0.829. The summed E-state index contributed by atoms with van der Waals surface area (Å²) in [5, 5.41) is 15.8. The Morgan fingerprint density at radius 2 is 2.30 bits per heavy atom. The number of nitrogens with two attached hydrogens (primary N) is 1. The fourth-order valence-corrected chi connectivity index (χ4v) is 2.59. The minimum absolute atomic E-state index is 0.0179. The Hall–Kier alpha value is -2.12. The van der Waals surface area contributed by atoms with Gasteiger partial charge in [-0.2, -0.15) is 0 Å². The molecule has 2 unspecified atom stereocenters. The summed E-state index contributed by atoms with van der Waals surface area (Å²) >= 11 is 0. The van der Waals surface area contributed by atoms with Gasteiger partial charge < -0.3 is 15.7 Å². The summed E-state index contributed by atoms with van der Waals surface area (Å²) in [5.74, 6) is -0.946. The predicted molar refractivity (Wildman–Crippen MR) is 68.8 cm³/mol. The van der Waals surface area contributed by atoms with Crippen molar-refractivity contribution in [3.63, 3.8) is 0 Å². The van der Waals surface area contributed by atoms with Crippen LogP contribution >= 0.6 is 0 Å². The summed E-state index contributed by atoms with van der Waals surface area (Å²) in [5.41, 5.74) is 5.54. The number of hydrogen-bond acceptors (Lipinski definition) is 6. The second kappa shape index (κ2) is 5.89. The molecule has 8 nitrogen and oxygen atoms in total. The summed E-state index contributed by atoms with van der Waals surface area (Å²) in [6, 6.07) is 0. The van der Waals surface area contributed by atoms with E-state index in [9.17, 15) is 9.59 Å². The Bertz CT molecular complexity index is 501. The van der Waals surface area contributed by atoms with Crippen LogP contribution in [0.25, 0.3) is 0 Å². The fraction of sp³-hybridized carbons (Fsp3) is 0.667. The number of anilines is 1. The van der Waals surface area contributed by atoms with Crippen molar-refractivity contribution in [3.05, 3.63) is 5.69 Å². The van der Waals surface area contributed by atoms with Gasteiger partial charge in [-0.25, -0.2) is 4.63 Å². The van der Waals surface area contributed by atoms with Crippen LogP contribution in [-0.4, -0.2) is 45.3 Å². The summed E-state index contributed by atoms with van der Waals surface area (Å²) in [4.78, 5) is 24.7. The maximum atomic E-state index is 12.2. The third-order valence-electron chi connectivity index (χ3n) is 3.76. The van der Waals surface area contributed by atoms with Crippen molar-refractivity contribution in [2.45, 2.75) is 26.2 Å². The molecule has 8 heteroatoms. The third kappa shape index (κ3) is 3.06. The van der Waals surface area contributed by atoms with Crippen LogP contribution in [0.15, 0.2) is 4.63 Å². The van der Waals surface area contributed by atoms with Crippen molar-refractivity contribution < 1.29 is 19.3 Å². The van der Waals surface area contributed by atoms with Gasteiger partial charge in [-0.15, -0.1) is 0 Å². The van der Waals surface area contributed by atoms with Gasteiger partial charge >= 0.3 is 5.97 Å². The lowest BCUT2D eigenvalue weighted by atomic mass is 9.84. The van der Waals surface area contributed by atoms with Crippen LogP contribution in [0.4, 0.5) is 5.82 Å². The largest absolute Gasteiger partial charge is 0.481 e. The number of rotatable bonds is 4. The SMILES string of the molecule is CC(CC(=O)O)C1CCCN(C(=O)c2nonc2N)C1. The zero-order valence-corrected chi connectivity index (χ0v) is 11.3. The van der Waals surface area contributed by atoms with Crippen LogP contribution in [0, 0.1) is 11.8 Å². The number of carbonyl (C=O) groups is 2. The zero-order valence-electron chi connectivity index (χ0n) is 11.3. The minimum atomic E-state index is -0.814. The van der Waals surface area contributed by atoms with E-state index in [1.54, 1.807) is 4.90 Å². The van der Waals surface area contributed by atoms with Crippen LogP contribution in [0.2, 0.25) is 0 Å². The molecule has 1 aliphatic rings. The highest BCUT2D eigenvalue weighted by atomic mass is 16.6. The second-order valence-corrected chi connectivity index (χ2v) is 5.23. The number of nitrogens with zero attached hydrogens (tertiary/aromatic N) is 3. The number of nitrogen functional groups attached to an aromatic ring is 1. The van der Waals surface area contributed by atoms with Gasteiger partial charge in [-0.3, -0.25) is 9.59 Å². The number of aromatic nitrogens is 2. The Labute approximate surface area is 115 Å². The van der Waals surface area contributed by atoms with Gasteiger partial charge in [0, 0.05) is 19.5 Å². The number of amides is 1. The molecule has 1 saturated heterocycles. The molecule has 2 atom stereocenters. The maximum absolute atomic E-state index is 12.2. The van der Waals surface area contributed by atoms with Crippen molar-refractivity contribution >= 4 is 17.7 Å². The Kier molecular flexibility index (Phi) is 4.21. The Morgan fingerprint density at radius 3 is 2.90 bits per heavy atom. The van der Waals surface area contributed by atoms with Crippen molar-refractivity contribution in [1.29, 1.82) is 0 Å². The molecule has 0 aliphatic carbocycles. The monoisotopic (exact) mass is 282 g/mol. The van der Waals surface area contributed by atoms with Crippen LogP contribution in [0.5, 0.6) is 0 Å².